The van der Waals surface area contributed by atoms with Gasteiger partial charge in [0.15, 0.2) is 0 Å². The topological polar surface area (TPSA) is 42.1 Å². The summed E-state index contributed by atoms with van der Waals surface area (Å²) in [6, 6.07) is 6.17. The first-order valence-corrected chi connectivity index (χ1v) is 7.72. The summed E-state index contributed by atoms with van der Waals surface area (Å²) in [7, 11) is 0. The first-order valence-electron chi connectivity index (χ1n) is 7.72. The maximum Gasteiger partial charge on any atom is 0.0491 e. The minimum absolute atomic E-state index is 0.378. The van der Waals surface area contributed by atoms with Gasteiger partial charge in [0, 0.05) is 37.1 Å². The van der Waals surface area contributed by atoms with Crippen LogP contribution in [0.5, 0.6) is 0 Å². The second kappa shape index (κ2) is 4.57. The molecule has 3 nitrogen and oxygen atoms in total. The molecule has 2 saturated heterocycles. The Morgan fingerprint density at radius 2 is 1.84 bits per heavy atom. The highest BCUT2D eigenvalue weighted by Gasteiger charge is 2.48. The van der Waals surface area contributed by atoms with Gasteiger partial charge in [-0.15, -0.1) is 0 Å². The second-order valence-corrected chi connectivity index (χ2v) is 6.70. The fraction of sp³-hybridized carbons (Fsp3) is 0.688. The van der Waals surface area contributed by atoms with E-state index < -0.39 is 0 Å². The first kappa shape index (κ1) is 11.9. The van der Waals surface area contributed by atoms with Crippen LogP contribution in [0.1, 0.15) is 43.7 Å². The van der Waals surface area contributed by atoms with Gasteiger partial charge in [0.1, 0.15) is 0 Å². The summed E-state index contributed by atoms with van der Waals surface area (Å²) in [4.78, 5) is 7.04. The van der Waals surface area contributed by atoms with Crippen molar-refractivity contribution in [1.82, 2.24) is 9.88 Å². The number of rotatable bonds is 3. The molecule has 1 atom stereocenters. The minimum Gasteiger partial charge on any atom is -0.329 e. The quantitative estimate of drug-likeness (QED) is 0.903. The van der Waals surface area contributed by atoms with Crippen molar-refractivity contribution in [2.24, 2.45) is 17.6 Å². The summed E-state index contributed by atoms with van der Waals surface area (Å²) < 4.78 is 0. The van der Waals surface area contributed by atoms with Crippen LogP contribution in [0.2, 0.25) is 0 Å². The van der Waals surface area contributed by atoms with E-state index in [1.54, 1.807) is 0 Å². The van der Waals surface area contributed by atoms with Crippen LogP contribution in [-0.2, 0) is 0 Å². The van der Waals surface area contributed by atoms with E-state index >= 15 is 0 Å². The number of hydrogen-bond donors (Lipinski definition) is 1. The molecule has 0 amide bonds. The van der Waals surface area contributed by atoms with Gasteiger partial charge >= 0.3 is 0 Å². The normalized spacial score (nSPS) is 38.6. The van der Waals surface area contributed by atoms with Crippen LogP contribution in [-0.4, -0.2) is 28.5 Å². The molecule has 0 spiro atoms. The lowest BCUT2D eigenvalue weighted by Crippen LogP contribution is -2.59. The molecule has 2 aliphatic carbocycles. The molecule has 2 saturated carbocycles. The van der Waals surface area contributed by atoms with Crippen LogP contribution in [0.25, 0.3) is 0 Å². The average molecular weight is 257 g/mol. The molecule has 2 aliphatic heterocycles. The molecule has 4 fully saturated rings. The Labute approximate surface area is 115 Å². The zero-order chi connectivity index (χ0) is 12.8. The van der Waals surface area contributed by atoms with Gasteiger partial charge in [0.05, 0.1) is 0 Å². The van der Waals surface area contributed by atoms with Crippen LogP contribution in [0.4, 0.5) is 0 Å². The van der Waals surface area contributed by atoms with Gasteiger partial charge in [-0.05, 0) is 55.6 Å². The second-order valence-electron chi connectivity index (χ2n) is 6.70. The molecular weight excluding hydrogens is 234 g/mol. The van der Waals surface area contributed by atoms with Gasteiger partial charge in [-0.2, -0.15) is 0 Å². The van der Waals surface area contributed by atoms with E-state index in [-0.39, 0.29) is 0 Å². The van der Waals surface area contributed by atoms with Crippen LogP contribution in [0, 0.1) is 11.8 Å². The summed E-state index contributed by atoms with van der Waals surface area (Å²) in [5.74, 6) is 2.01. The first-order chi connectivity index (χ1) is 9.35. The fourth-order valence-electron chi connectivity index (χ4n) is 5.08. The molecule has 3 heterocycles. The van der Waals surface area contributed by atoms with Crippen LogP contribution >= 0.6 is 0 Å². The number of piperidine rings is 2. The lowest BCUT2D eigenvalue weighted by atomic mass is 9.63. The van der Waals surface area contributed by atoms with Crippen molar-refractivity contribution >= 4 is 0 Å². The summed E-state index contributed by atoms with van der Waals surface area (Å²) >= 11 is 0. The van der Waals surface area contributed by atoms with Gasteiger partial charge in [0.2, 0.25) is 0 Å². The molecule has 5 rings (SSSR count). The van der Waals surface area contributed by atoms with E-state index in [1.807, 2.05) is 18.5 Å². The lowest BCUT2D eigenvalue weighted by molar-refractivity contribution is -0.0814. The third-order valence-electron chi connectivity index (χ3n) is 5.58. The number of aromatic nitrogens is 1. The molecule has 1 aromatic rings. The number of nitrogens with two attached hydrogens (primary N) is 1. The standard InChI is InChI=1S/C16H23N3/c17-9-16(13-2-1-3-18-10-13)19-14-5-11-4-12(7-14)8-15(19)6-11/h1-3,10-12,14-16H,4-9,17H2. The van der Waals surface area contributed by atoms with Crippen LogP contribution in [0.15, 0.2) is 24.5 Å². The number of nitrogens with zero attached hydrogens (tertiary/aromatic N) is 2. The van der Waals surface area contributed by atoms with Crippen molar-refractivity contribution in [2.75, 3.05) is 6.54 Å². The molecule has 3 heteroatoms. The fourth-order valence-corrected chi connectivity index (χ4v) is 5.08. The van der Waals surface area contributed by atoms with Crippen molar-refractivity contribution in [3.63, 3.8) is 0 Å². The van der Waals surface area contributed by atoms with Gasteiger partial charge in [-0.1, -0.05) is 6.07 Å². The lowest BCUT2D eigenvalue weighted by Gasteiger charge is -2.58. The van der Waals surface area contributed by atoms with Gasteiger partial charge < -0.3 is 5.73 Å². The summed E-state index contributed by atoms with van der Waals surface area (Å²) in [5, 5.41) is 0. The van der Waals surface area contributed by atoms with Crippen molar-refractivity contribution in [2.45, 2.75) is 50.2 Å². The van der Waals surface area contributed by atoms with Gasteiger partial charge in [0.25, 0.3) is 0 Å². The van der Waals surface area contributed by atoms with Crippen LogP contribution < -0.4 is 5.73 Å². The zero-order valence-corrected chi connectivity index (χ0v) is 11.4. The van der Waals surface area contributed by atoms with Gasteiger partial charge in [-0.25, -0.2) is 0 Å². The SMILES string of the molecule is NCC(c1cccnc1)N1C2CC3CC(C2)CC1C3. The maximum absolute atomic E-state index is 6.12. The van der Waals surface area contributed by atoms with Gasteiger partial charge in [-0.3, -0.25) is 9.88 Å². The minimum atomic E-state index is 0.378. The average Bonchev–Trinajstić information content (AvgIpc) is 2.43. The molecular formula is C16H23N3. The van der Waals surface area contributed by atoms with Crippen molar-refractivity contribution < 1.29 is 0 Å². The highest BCUT2D eigenvalue weighted by Crippen LogP contribution is 2.51. The van der Waals surface area contributed by atoms with E-state index in [0.29, 0.717) is 12.6 Å². The van der Waals surface area contributed by atoms with E-state index in [0.717, 1.165) is 23.9 Å². The molecule has 102 valence electrons. The molecule has 4 bridgehead atoms. The monoisotopic (exact) mass is 257 g/mol. The summed E-state index contributed by atoms with van der Waals surface area (Å²) in [6.07, 6.45) is 11.0. The van der Waals surface area contributed by atoms with E-state index in [4.69, 9.17) is 5.73 Å². The molecule has 1 aromatic heterocycles. The third kappa shape index (κ3) is 1.91. The molecule has 19 heavy (non-hydrogen) atoms. The molecule has 1 unspecified atom stereocenters. The Morgan fingerprint density at radius 1 is 1.16 bits per heavy atom. The Hall–Kier alpha value is -0.930. The number of hydrogen-bond acceptors (Lipinski definition) is 3. The highest BCUT2D eigenvalue weighted by molar-refractivity contribution is 5.17. The summed E-state index contributed by atoms with van der Waals surface area (Å²) in [5.41, 5.74) is 7.42. The zero-order valence-electron chi connectivity index (χ0n) is 11.4. The molecule has 0 radical (unpaired) electrons. The van der Waals surface area contributed by atoms with Crippen molar-refractivity contribution in [3.05, 3.63) is 30.1 Å². The largest absolute Gasteiger partial charge is 0.329 e. The Kier molecular flexibility index (Phi) is 2.85. The molecule has 2 N–H and O–H groups in total. The van der Waals surface area contributed by atoms with E-state index in [9.17, 15) is 0 Å². The summed E-state index contributed by atoms with van der Waals surface area (Å²) in [6.45, 7) is 0.716. The predicted octanol–water partition coefficient (Wildman–Crippen LogP) is 2.34. The smallest absolute Gasteiger partial charge is 0.0491 e. The molecule has 0 aromatic carbocycles. The number of pyridine rings is 1. The Morgan fingerprint density at radius 3 is 2.37 bits per heavy atom. The predicted molar refractivity (Wildman–Crippen MR) is 75.5 cm³/mol. The van der Waals surface area contributed by atoms with E-state index in [1.165, 1.54) is 37.7 Å². The highest BCUT2D eigenvalue weighted by atomic mass is 15.2. The van der Waals surface area contributed by atoms with Crippen molar-refractivity contribution in [1.29, 1.82) is 0 Å². The Bertz CT molecular complexity index is 417. The third-order valence-corrected chi connectivity index (χ3v) is 5.58. The maximum atomic E-state index is 6.12. The van der Waals surface area contributed by atoms with Crippen molar-refractivity contribution in [3.8, 4) is 0 Å². The molecule has 4 aliphatic rings. The van der Waals surface area contributed by atoms with Crippen LogP contribution in [0.3, 0.4) is 0 Å². The Balaban J connectivity index is 1.64. The van der Waals surface area contributed by atoms with E-state index in [2.05, 4.69) is 16.0 Å².